The molecule has 1 atom stereocenters. The van der Waals surface area contributed by atoms with Gasteiger partial charge in [0.1, 0.15) is 0 Å². The second-order valence-electron chi connectivity index (χ2n) is 7.54. The largest absolute Gasteiger partial charge is 0.338 e. The van der Waals surface area contributed by atoms with Gasteiger partial charge in [0.15, 0.2) is 0 Å². The van der Waals surface area contributed by atoms with Gasteiger partial charge in [0.2, 0.25) is 5.91 Å². The first kappa shape index (κ1) is 19.8. The molecule has 1 aliphatic rings. The number of anilines is 1. The molecule has 1 fully saturated rings. The summed E-state index contributed by atoms with van der Waals surface area (Å²) in [4.78, 5) is 35.0. The quantitative estimate of drug-likeness (QED) is 0.715. The highest BCUT2D eigenvalue weighted by molar-refractivity contribution is 5.94. The highest BCUT2D eigenvalue weighted by atomic mass is 16.2. The molecule has 0 spiro atoms. The lowest BCUT2D eigenvalue weighted by Gasteiger charge is -2.32. The molecule has 0 bridgehead atoms. The fourth-order valence-electron chi connectivity index (χ4n) is 3.87. The number of likely N-dealkylation sites (tertiary alicyclic amines) is 1. The van der Waals surface area contributed by atoms with Gasteiger partial charge in [-0.25, -0.2) is 0 Å². The van der Waals surface area contributed by atoms with Gasteiger partial charge in [0.25, 0.3) is 5.91 Å². The minimum Gasteiger partial charge on any atom is -0.338 e. The van der Waals surface area contributed by atoms with Crippen LogP contribution in [0.3, 0.4) is 0 Å². The van der Waals surface area contributed by atoms with Gasteiger partial charge >= 0.3 is 0 Å². The fourth-order valence-corrected chi connectivity index (χ4v) is 3.87. The van der Waals surface area contributed by atoms with E-state index in [9.17, 15) is 9.59 Å². The van der Waals surface area contributed by atoms with Crippen molar-refractivity contribution < 1.29 is 9.59 Å². The van der Waals surface area contributed by atoms with Gasteiger partial charge in [-0.1, -0.05) is 18.2 Å². The number of amides is 2. The average molecular weight is 400 g/mol. The zero-order chi connectivity index (χ0) is 20.9. The zero-order valence-corrected chi connectivity index (χ0v) is 16.9. The van der Waals surface area contributed by atoms with Gasteiger partial charge in [0, 0.05) is 55.3 Å². The minimum absolute atomic E-state index is 0.0203. The number of carbonyl (C=O) groups is 2. The van der Waals surface area contributed by atoms with Crippen LogP contribution < -0.4 is 5.32 Å². The molecule has 3 heterocycles. The SMILES string of the molecule is CC(=O)Nc1cccc(-c2cccc(C3CCCN(C(=O)c4cccnc4)C3)n2)c1. The van der Waals surface area contributed by atoms with Crippen LogP contribution in [0.5, 0.6) is 0 Å². The summed E-state index contributed by atoms with van der Waals surface area (Å²) in [6.07, 6.45) is 5.23. The number of rotatable bonds is 4. The minimum atomic E-state index is -0.102. The van der Waals surface area contributed by atoms with E-state index in [1.807, 2.05) is 47.4 Å². The number of hydrogen-bond donors (Lipinski definition) is 1. The predicted molar refractivity (Wildman–Crippen MR) is 116 cm³/mol. The molecule has 0 radical (unpaired) electrons. The topological polar surface area (TPSA) is 75.2 Å². The molecule has 1 saturated heterocycles. The predicted octanol–water partition coefficient (Wildman–Crippen LogP) is 4.12. The smallest absolute Gasteiger partial charge is 0.255 e. The van der Waals surface area contributed by atoms with Crippen molar-refractivity contribution in [1.29, 1.82) is 0 Å². The van der Waals surface area contributed by atoms with Gasteiger partial charge in [-0.05, 0) is 49.2 Å². The third-order valence-electron chi connectivity index (χ3n) is 5.28. The Labute approximate surface area is 176 Å². The Balaban J connectivity index is 1.54. The second-order valence-corrected chi connectivity index (χ2v) is 7.54. The van der Waals surface area contributed by atoms with E-state index in [2.05, 4.69) is 10.3 Å². The van der Waals surface area contributed by atoms with E-state index in [0.717, 1.165) is 42.0 Å². The van der Waals surface area contributed by atoms with Crippen LogP contribution in [0.2, 0.25) is 0 Å². The van der Waals surface area contributed by atoms with Gasteiger partial charge in [0.05, 0.1) is 11.3 Å². The summed E-state index contributed by atoms with van der Waals surface area (Å²) in [6.45, 7) is 2.89. The van der Waals surface area contributed by atoms with Gasteiger partial charge in [-0.3, -0.25) is 19.6 Å². The van der Waals surface area contributed by atoms with Crippen LogP contribution in [-0.2, 0) is 4.79 Å². The molecular weight excluding hydrogens is 376 g/mol. The molecule has 2 aromatic heterocycles. The lowest BCUT2D eigenvalue weighted by Crippen LogP contribution is -2.39. The standard InChI is InChI=1S/C24H24N4O2/c1-17(29)26-21-9-2-6-18(14-21)22-10-3-11-23(27-22)20-8-5-13-28(16-20)24(30)19-7-4-12-25-15-19/h2-4,6-7,9-12,14-15,20H,5,8,13,16H2,1H3,(H,26,29). The van der Waals surface area contributed by atoms with E-state index >= 15 is 0 Å². The summed E-state index contributed by atoms with van der Waals surface area (Å²) in [5, 5.41) is 2.81. The van der Waals surface area contributed by atoms with Crippen LogP contribution >= 0.6 is 0 Å². The summed E-state index contributed by atoms with van der Waals surface area (Å²) in [7, 11) is 0. The lowest BCUT2D eigenvalue weighted by atomic mass is 9.93. The molecule has 3 aromatic rings. The average Bonchev–Trinajstić information content (AvgIpc) is 2.79. The van der Waals surface area contributed by atoms with Crippen molar-refractivity contribution in [2.24, 2.45) is 0 Å². The summed E-state index contributed by atoms with van der Waals surface area (Å²) in [5.74, 6) is 0.110. The van der Waals surface area contributed by atoms with Crippen LogP contribution in [0.15, 0.2) is 67.0 Å². The Morgan fingerprint density at radius 1 is 1.10 bits per heavy atom. The van der Waals surface area contributed by atoms with E-state index < -0.39 is 0 Å². The monoisotopic (exact) mass is 400 g/mol. The Bertz CT molecular complexity index is 1050. The maximum absolute atomic E-state index is 12.8. The van der Waals surface area contributed by atoms with E-state index in [1.54, 1.807) is 24.5 Å². The van der Waals surface area contributed by atoms with Gasteiger partial charge in [-0.2, -0.15) is 0 Å². The summed E-state index contributed by atoms with van der Waals surface area (Å²) >= 11 is 0. The van der Waals surface area contributed by atoms with E-state index in [-0.39, 0.29) is 17.7 Å². The van der Waals surface area contributed by atoms with Crippen LogP contribution in [0.25, 0.3) is 11.3 Å². The molecule has 6 heteroatoms. The van der Waals surface area contributed by atoms with Crippen LogP contribution in [0.4, 0.5) is 5.69 Å². The Kier molecular flexibility index (Phi) is 5.84. The molecule has 6 nitrogen and oxygen atoms in total. The van der Waals surface area contributed by atoms with Crippen LogP contribution in [-0.4, -0.2) is 39.8 Å². The number of pyridine rings is 2. The molecule has 0 aliphatic carbocycles. The third-order valence-corrected chi connectivity index (χ3v) is 5.28. The first-order valence-electron chi connectivity index (χ1n) is 10.1. The van der Waals surface area contributed by atoms with Crippen molar-refractivity contribution in [2.75, 3.05) is 18.4 Å². The Hall–Kier alpha value is -3.54. The maximum atomic E-state index is 12.8. The number of hydrogen-bond acceptors (Lipinski definition) is 4. The lowest BCUT2D eigenvalue weighted by molar-refractivity contribution is -0.114. The van der Waals surface area contributed by atoms with E-state index in [1.165, 1.54) is 6.92 Å². The highest BCUT2D eigenvalue weighted by Gasteiger charge is 2.26. The highest BCUT2D eigenvalue weighted by Crippen LogP contribution is 2.29. The van der Waals surface area contributed by atoms with Crippen molar-refractivity contribution in [2.45, 2.75) is 25.7 Å². The number of nitrogens with zero attached hydrogens (tertiary/aromatic N) is 3. The van der Waals surface area contributed by atoms with Crippen molar-refractivity contribution in [1.82, 2.24) is 14.9 Å². The number of nitrogens with one attached hydrogen (secondary N) is 1. The molecule has 30 heavy (non-hydrogen) atoms. The third kappa shape index (κ3) is 4.54. The molecule has 152 valence electrons. The van der Waals surface area contributed by atoms with Gasteiger partial charge < -0.3 is 10.2 Å². The van der Waals surface area contributed by atoms with E-state index in [4.69, 9.17) is 4.98 Å². The Morgan fingerprint density at radius 3 is 2.77 bits per heavy atom. The molecular formula is C24H24N4O2. The van der Waals surface area contributed by atoms with Crippen molar-refractivity contribution in [3.8, 4) is 11.3 Å². The van der Waals surface area contributed by atoms with Crippen molar-refractivity contribution in [3.05, 3.63) is 78.2 Å². The first-order valence-corrected chi connectivity index (χ1v) is 10.1. The summed E-state index contributed by atoms with van der Waals surface area (Å²) < 4.78 is 0. The van der Waals surface area contributed by atoms with Crippen LogP contribution in [0, 0.1) is 0 Å². The van der Waals surface area contributed by atoms with Crippen molar-refractivity contribution >= 4 is 17.5 Å². The van der Waals surface area contributed by atoms with Gasteiger partial charge in [-0.15, -0.1) is 0 Å². The summed E-state index contributed by atoms with van der Waals surface area (Å²) in [6, 6.07) is 17.3. The maximum Gasteiger partial charge on any atom is 0.255 e. The fraction of sp³-hybridized carbons (Fsp3) is 0.250. The normalized spacial score (nSPS) is 16.2. The number of aromatic nitrogens is 2. The number of benzene rings is 1. The molecule has 1 unspecified atom stereocenters. The van der Waals surface area contributed by atoms with Crippen molar-refractivity contribution in [3.63, 3.8) is 0 Å². The summed E-state index contributed by atoms with van der Waals surface area (Å²) in [5.41, 5.74) is 4.16. The molecule has 1 aliphatic heterocycles. The molecule has 1 aromatic carbocycles. The molecule has 1 N–H and O–H groups in total. The van der Waals surface area contributed by atoms with E-state index in [0.29, 0.717) is 12.1 Å². The number of piperidine rings is 1. The number of carbonyl (C=O) groups excluding carboxylic acids is 2. The molecule has 4 rings (SSSR count). The zero-order valence-electron chi connectivity index (χ0n) is 16.9. The molecule has 2 amide bonds. The molecule has 0 saturated carbocycles. The second kappa shape index (κ2) is 8.86. The Morgan fingerprint density at radius 2 is 1.97 bits per heavy atom. The van der Waals surface area contributed by atoms with Crippen LogP contribution in [0.1, 0.15) is 41.7 Å². The first-order chi connectivity index (χ1) is 14.6.